The Morgan fingerprint density at radius 1 is 1.46 bits per heavy atom. The largest absolute Gasteiger partial charge is 0.262 e. The minimum absolute atomic E-state index is 0.164. The van der Waals surface area contributed by atoms with Crippen molar-refractivity contribution >= 4 is 0 Å². The topological polar surface area (TPSA) is 12.9 Å². The molecule has 0 amide bonds. The zero-order chi connectivity index (χ0) is 9.68. The van der Waals surface area contributed by atoms with Gasteiger partial charge in [0.15, 0.2) is 0 Å². The number of aromatic nitrogens is 1. The molecule has 0 N–H and O–H groups in total. The molecule has 0 aliphatic carbocycles. The Kier molecular flexibility index (Phi) is 3.87. The maximum atomic E-state index is 13.3. The minimum Gasteiger partial charge on any atom is -0.262 e. The van der Waals surface area contributed by atoms with E-state index in [4.69, 9.17) is 0 Å². The molecule has 0 fully saturated rings. The fourth-order valence-electron chi connectivity index (χ4n) is 1.65. The van der Waals surface area contributed by atoms with Crippen LogP contribution in [0.15, 0.2) is 18.5 Å². The lowest BCUT2D eigenvalue weighted by atomic mass is 9.93. The van der Waals surface area contributed by atoms with Crippen LogP contribution < -0.4 is 0 Å². The van der Waals surface area contributed by atoms with Gasteiger partial charge in [0.25, 0.3) is 0 Å². The van der Waals surface area contributed by atoms with Crippen LogP contribution in [0, 0.1) is 5.82 Å². The first-order chi connectivity index (χ1) is 6.29. The lowest BCUT2D eigenvalue weighted by Crippen LogP contribution is -2.00. The lowest BCUT2D eigenvalue weighted by Gasteiger charge is -2.14. The molecule has 0 aromatic carbocycles. The summed E-state index contributed by atoms with van der Waals surface area (Å²) in [5.41, 5.74) is 0.819. The molecule has 0 bridgehead atoms. The average molecular weight is 181 g/mol. The van der Waals surface area contributed by atoms with E-state index in [1.54, 1.807) is 12.3 Å². The highest BCUT2D eigenvalue weighted by molar-refractivity contribution is 5.17. The number of hydrogen-bond donors (Lipinski definition) is 0. The van der Waals surface area contributed by atoms with Crippen molar-refractivity contribution in [2.24, 2.45) is 0 Å². The third kappa shape index (κ3) is 2.51. The molecule has 1 aromatic rings. The summed E-state index contributed by atoms with van der Waals surface area (Å²) in [4.78, 5) is 3.75. The van der Waals surface area contributed by atoms with E-state index in [-0.39, 0.29) is 5.82 Å². The molecule has 13 heavy (non-hydrogen) atoms. The van der Waals surface area contributed by atoms with Gasteiger partial charge in [0, 0.05) is 6.20 Å². The fraction of sp³-hybridized carbons (Fsp3) is 0.545. The fourth-order valence-corrected chi connectivity index (χ4v) is 1.65. The van der Waals surface area contributed by atoms with Crippen LogP contribution >= 0.6 is 0 Å². The zero-order valence-corrected chi connectivity index (χ0v) is 8.26. The lowest BCUT2D eigenvalue weighted by molar-refractivity contribution is 0.536. The van der Waals surface area contributed by atoms with Gasteiger partial charge in [-0.05, 0) is 30.4 Å². The van der Waals surface area contributed by atoms with Crippen molar-refractivity contribution in [3.63, 3.8) is 0 Å². The third-order valence-corrected chi connectivity index (χ3v) is 2.37. The van der Waals surface area contributed by atoms with Gasteiger partial charge >= 0.3 is 0 Å². The number of rotatable bonds is 4. The molecule has 0 spiro atoms. The van der Waals surface area contributed by atoms with E-state index >= 15 is 0 Å². The first-order valence-electron chi connectivity index (χ1n) is 4.89. The van der Waals surface area contributed by atoms with Crippen LogP contribution in [-0.2, 0) is 0 Å². The molecule has 0 saturated heterocycles. The van der Waals surface area contributed by atoms with Crippen LogP contribution in [0.25, 0.3) is 0 Å². The van der Waals surface area contributed by atoms with E-state index in [1.165, 1.54) is 6.20 Å². The third-order valence-electron chi connectivity index (χ3n) is 2.37. The summed E-state index contributed by atoms with van der Waals surface area (Å²) in [7, 11) is 0. The van der Waals surface area contributed by atoms with Gasteiger partial charge in [-0.25, -0.2) is 4.39 Å². The maximum Gasteiger partial charge on any atom is 0.144 e. The van der Waals surface area contributed by atoms with Crippen LogP contribution in [0.2, 0.25) is 0 Å². The number of pyridine rings is 1. The maximum absolute atomic E-state index is 13.3. The van der Waals surface area contributed by atoms with Gasteiger partial charge in [0.2, 0.25) is 0 Å². The van der Waals surface area contributed by atoms with Gasteiger partial charge in [0.05, 0.1) is 6.20 Å². The van der Waals surface area contributed by atoms with Crippen LogP contribution in [0.4, 0.5) is 4.39 Å². The number of hydrogen-bond acceptors (Lipinski definition) is 1. The molecular weight excluding hydrogens is 165 g/mol. The Morgan fingerprint density at radius 3 is 2.77 bits per heavy atom. The van der Waals surface area contributed by atoms with Gasteiger partial charge < -0.3 is 0 Å². The monoisotopic (exact) mass is 181 g/mol. The smallest absolute Gasteiger partial charge is 0.144 e. The number of nitrogens with zero attached hydrogens (tertiary/aromatic N) is 1. The highest BCUT2D eigenvalue weighted by Crippen LogP contribution is 2.25. The van der Waals surface area contributed by atoms with Crippen molar-refractivity contribution in [1.29, 1.82) is 0 Å². The quantitative estimate of drug-likeness (QED) is 0.692. The molecule has 1 rings (SSSR count). The minimum atomic E-state index is -0.164. The molecule has 2 heteroatoms. The van der Waals surface area contributed by atoms with E-state index in [9.17, 15) is 4.39 Å². The summed E-state index contributed by atoms with van der Waals surface area (Å²) in [6.45, 7) is 4.22. The Hall–Kier alpha value is -0.920. The summed E-state index contributed by atoms with van der Waals surface area (Å²) in [6, 6.07) is 1.79. The van der Waals surface area contributed by atoms with Gasteiger partial charge in [0.1, 0.15) is 5.82 Å². The molecule has 1 aromatic heterocycles. The number of halogens is 1. The Labute approximate surface area is 79.0 Å². The van der Waals surface area contributed by atoms with E-state index in [0.717, 1.165) is 24.8 Å². The standard InChI is InChI=1S/C11H16FN/c1-3-5-9(4-2)10-6-7-13-8-11(10)12/h6-9H,3-5H2,1-2H3. The van der Waals surface area contributed by atoms with Crippen molar-refractivity contribution in [3.8, 4) is 0 Å². The Morgan fingerprint density at radius 2 is 2.23 bits per heavy atom. The van der Waals surface area contributed by atoms with Gasteiger partial charge in [-0.3, -0.25) is 4.98 Å². The molecule has 72 valence electrons. The summed E-state index contributed by atoms with van der Waals surface area (Å²) in [6.07, 6.45) is 6.11. The summed E-state index contributed by atoms with van der Waals surface area (Å²) in [5.74, 6) is 0.191. The van der Waals surface area contributed by atoms with Crippen LogP contribution in [0.1, 0.15) is 44.6 Å². The molecule has 1 nitrogen and oxygen atoms in total. The van der Waals surface area contributed by atoms with E-state index in [1.807, 2.05) is 0 Å². The van der Waals surface area contributed by atoms with Crippen molar-refractivity contribution in [1.82, 2.24) is 4.98 Å². The van der Waals surface area contributed by atoms with Gasteiger partial charge in [-0.2, -0.15) is 0 Å². The second kappa shape index (κ2) is 4.95. The summed E-state index contributed by atoms with van der Waals surface area (Å²) < 4.78 is 13.3. The summed E-state index contributed by atoms with van der Waals surface area (Å²) in [5, 5.41) is 0. The van der Waals surface area contributed by atoms with Crippen molar-refractivity contribution < 1.29 is 4.39 Å². The van der Waals surface area contributed by atoms with Crippen LogP contribution in [-0.4, -0.2) is 4.98 Å². The highest BCUT2D eigenvalue weighted by atomic mass is 19.1. The molecular formula is C11H16FN. The van der Waals surface area contributed by atoms with Crippen molar-refractivity contribution in [3.05, 3.63) is 29.8 Å². The zero-order valence-electron chi connectivity index (χ0n) is 8.26. The van der Waals surface area contributed by atoms with Crippen molar-refractivity contribution in [2.75, 3.05) is 0 Å². The van der Waals surface area contributed by atoms with E-state index < -0.39 is 0 Å². The molecule has 1 atom stereocenters. The van der Waals surface area contributed by atoms with Crippen LogP contribution in [0.3, 0.4) is 0 Å². The second-order valence-corrected chi connectivity index (χ2v) is 3.29. The predicted octanol–water partition coefficient (Wildman–Crippen LogP) is 3.51. The molecule has 1 unspecified atom stereocenters. The highest BCUT2D eigenvalue weighted by Gasteiger charge is 2.12. The molecule has 0 aliphatic heterocycles. The van der Waals surface area contributed by atoms with E-state index in [2.05, 4.69) is 18.8 Å². The molecule has 1 heterocycles. The molecule has 0 aliphatic rings. The second-order valence-electron chi connectivity index (χ2n) is 3.29. The predicted molar refractivity (Wildman–Crippen MR) is 52.1 cm³/mol. The molecule has 0 saturated carbocycles. The summed E-state index contributed by atoms with van der Waals surface area (Å²) >= 11 is 0. The van der Waals surface area contributed by atoms with Gasteiger partial charge in [-0.15, -0.1) is 0 Å². The first-order valence-corrected chi connectivity index (χ1v) is 4.89. The van der Waals surface area contributed by atoms with E-state index in [0.29, 0.717) is 5.92 Å². The van der Waals surface area contributed by atoms with Crippen molar-refractivity contribution in [2.45, 2.75) is 39.0 Å². The Balaban J connectivity index is 2.84. The van der Waals surface area contributed by atoms with Crippen LogP contribution in [0.5, 0.6) is 0 Å². The molecule has 0 radical (unpaired) electrons. The normalized spacial score (nSPS) is 12.8. The van der Waals surface area contributed by atoms with Gasteiger partial charge in [-0.1, -0.05) is 20.3 Å². The first kappa shape index (κ1) is 10.2. The Bertz CT molecular complexity index is 260. The SMILES string of the molecule is CCCC(CC)c1ccncc1F. The average Bonchev–Trinajstić information content (AvgIpc) is 2.16.